The molecule has 4 heteroatoms. The lowest BCUT2D eigenvalue weighted by Gasteiger charge is -2.41. The molecule has 1 saturated carbocycles. The maximum absolute atomic E-state index is 9.73. The third-order valence-electron chi connectivity index (χ3n) is 6.33. The second kappa shape index (κ2) is 7.16. The van der Waals surface area contributed by atoms with E-state index < -0.39 is 0 Å². The number of piperidine rings is 1. The molecule has 3 rings (SSSR count). The zero-order valence-electron chi connectivity index (χ0n) is 14.4. The van der Waals surface area contributed by atoms with Crippen molar-refractivity contribution in [3.05, 3.63) is 0 Å². The predicted molar refractivity (Wildman–Crippen MR) is 89.0 cm³/mol. The van der Waals surface area contributed by atoms with Crippen molar-refractivity contribution in [3.63, 3.8) is 0 Å². The van der Waals surface area contributed by atoms with E-state index >= 15 is 0 Å². The largest absolute Gasteiger partial charge is 0.396 e. The molecule has 1 aliphatic carbocycles. The summed E-state index contributed by atoms with van der Waals surface area (Å²) in [6.45, 7) is 9.38. The van der Waals surface area contributed by atoms with Crippen molar-refractivity contribution in [3.8, 4) is 0 Å². The van der Waals surface area contributed by atoms with E-state index in [0.29, 0.717) is 30.7 Å². The van der Waals surface area contributed by atoms with Gasteiger partial charge in [0, 0.05) is 43.8 Å². The van der Waals surface area contributed by atoms with Crippen molar-refractivity contribution in [2.75, 3.05) is 32.8 Å². The maximum atomic E-state index is 9.73. The molecule has 0 aromatic heterocycles. The minimum atomic E-state index is 0.0918. The maximum Gasteiger partial charge on any atom is 0.0702 e. The van der Waals surface area contributed by atoms with E-state index in [0.717, 1.165) is 19.6 Å². The fourth-order valence-corrected chi connectivity index (χ4v) is 4.69. The van der Waals surface area contributed by atoms with Gasteiger partial charge >= 0.3 is 0 Å². The smallest absolute Gasteiger partial charge is 0.0702 e. The Balaban J connectivity index is 1.48. The highest BCUT2D eigenvalue weighted by Crippen LogP contribution is 2.38. The summed E-state index contributed by atoms with van der Waals surface area (Å²) in [5.41, 5.74) is 0.0918. The lowest BCUT2D eigenvalue weighted by Crippen LogP contribution is -2.55. The van der Waals surface area contributed by atoms with E-state index in [1.807, 2.05) is 0 Å². The summed E-state index contributed by atoms with van der Waals surface area (Å²) in [5.74, 6) is 0.679. The summed E-state index contributed by atoms with van der Waals surface area (Å²) < 4.78 is 5.78. The molecule has 2 saturated heterocycles. The van der Waals surface area contributed by atoms with Crippen molar-refractivity contribution in [1.29, 1.82) is 0 Å². The molecule has 0 spiro atoms. The van der Waals surface area contributed by atoms with E-state index in [-0.39, 0.29) is 5.41 Å². The van der Waals surface area contributed by atoms with E-state index in [1.54, 1.807) is 0 Å². The SMILES string of the molecule is CC1CN(CC2CCCO2)CCC1NC1CCCC1(C)CO. The fraction of sp³-hybridized carbons (Fsp3) is 1.00. The first-order valence-corrected chi connectivity index (χ1v) is 9.31. The summed E-state index contributed by atoms with van der Waals surface area (Å²) in [6.07, 6.45) is 7.81. The molecule has 128 valence electrons. The van der Waals surface area contributed by atoms with Crippen LogP contribution in [0.1, 0.15) is 52.4 Å². The Morgan fingerprint density at radius 1 is 1.27 bits per heavy atom. The van der Waals surface area contributed by atoms with Crippen LogP contribution in [0.15, 0.2) is 0 Å². The lowest BCUT2D eigenvalue weighted by atomic mass is 9.83. The Bertz CT molecular complexity index is 359. The molecule has 2 aliphatic heterocycles. The highest BCUT2D eigenvalue weighted by molar-refractivity contribution is 4.96. The Morgan fingerprint density at radius 3 is 2.82 bits per heavy atom. The summed E-state index contributed by atoms with van der Waals surface area (Å²) in [7, 11) is 0. The average Bonchev–Trinajstić information content (AvgIpc) is 3.13. The lowest BCUT2D eigenvalue weighted by molar-refractivity contribution is 0.0445. The minimum Gasteiger partial charge on any atom is -0.396 e. The van der Waals surface area contributed by atoms with Gasteiger partial charge < -0.3 is 20.1 Å². The molecule has 0 bridgehead atoms. The van der Waals surface area contributed by atoms with E-state index in [4.69, 9.17) is 4.74 Å². The first-order valence-electron chi connectivity index (χ1n) is 9.31. The van der Waals surface area contributed by atoms with Crippen molar-refractivity contribution >= 4 is 0 Å². The number of likely N-dealkylation sites (tertiary alicyclic amines) is 1. The van der Waals surface area contributed by atoms with Crippen LogP contribution in [0.3, 0.4) is 0 Å². The molecule has 0 aromatic carbocycles. The molecule has 3 fully saturated rings. The number of rotatable bonds is 5. The van der Waals surface area contributed by atoms with Gasteiger partial charge in [-0.3, -0.25) is 0 Å². The van der Waals surface area contributed by atoms with E-state index in [1.165, 1.54) is 45.2 Å². The van der Waals surface area contributed by atoms with Gasteiger partial charge in [-0.15, -0.1) is 0 Å². The normalized spacial score (nSPS) is 43.8. The number of aliphatic hydroxyl groups excluding tert-OH is 1. The molecular weight excluding hydrogens is 276 g/mol. The molecule has 0 radical (unpaired) electrons. The van der Waals surface area contributed by atoms with Crippen LogP contribution in [0.5, 0.6) is 0 Å². The van der Waals surface area contributed by atoms with Gasteiger partial charge in [0.25, 0.3) is 0 Å². The summed E-state index contributed by atoms with van der Waals surface area (Å²) >= 11 is 0. The number of hydrogen-bond acceptors (Lipinski definition) is 4. The molecule has 5 unspecified atom stereocenters. The molecule has 22 heavy (non-hydrogen) atoms. The molecule has 2 heterocycles. The van der Waals surface area contributed by atoms with Gasteiger partial charge in [0.05, 0.1) is 6.10 Å². The van der Waals surface area contributed by atoms with Crippen LogP contribution in [-0.4, -0.2) is 61.0 Å². The Kier molecular flexibility index (Phi) is 5.43. The monoisotopic (exact) mass is 310 g/mol. The number of hydrogen-bond donors (Lipinski definition) is 2. The molecule has 0 amide bonds. The Morgan fingerprint density at radius 2 is 2.14 bits per heavy atom. The standard InChI is InChI=1S/C18H34N2O2/c1-14-11-20(12-15-5-4-10-22-15)9-7-16(14)19-17-6-3-8-18(17,2)13-21/h14-17,19,21H,3-13H2,1-2H3. The van der Waals surface area contributed by atoms with Gasteiger partial charge in [0.15, 0.2) is 0 Å². The fourth-order valence-electron chi connectivity index (χ4n) is 4.69. The molecule has 3 aliphatic rings. The second-order valence-electron chi connectivity index (χ2n) is 8.19. The van der Waals surface area contributed by atoms with Gasteiger partial charge in [0.1, 0.15) is 0 Å². The van der Waals surface area contributed by atoms with E-state index in [9.17, 15) is 5.11 Å². The van der Waals surface area contributed by atoms with Gasteiger partial charge in [-0.2, -0.15) is 0 Å². The summed E-state index contributed by atoms with van der Waals surface area (Å²) in [4.78, 5) is 2.60. The van der Waals surface area contributed by atoms with Crippen molar-refractivity contribution in [2.24, 2.45) is 11.3 Å². The van der Waals surface area contributed by atoms with Crippen LogP contribution >= 0.6 is 0 Å². The van der Waals surface area contributed by atoms with Gasteiger partial charge in [-0.1, -0.05) is 20.3 Å². The number of ether oxygens (including phenoxy) is 1. The average molecular weight is 310 g/mol. The predicted octanol–water partition coefficient (Wildman–Crippen LogP) is 2.02. The Hall–Kier alpha value is -0.160. The Labute approximate surface area is 135 Å². The highest BCUT2D eigenvalue weighted by atomic mass is 16.5. The number of aliphatic hydroxyl groups is 1. The van der Waals surface area contributed by atoms with Crippen LogP contribution in [0.25, 0.3) is 0 Å². The number of nitrogens with zero attached hydrogens (tertiary/aromatic N) is 1. The third-order valence-corrected chi connectivity index (χ3v) is 6.33. The van der Waals surface area contributed by atoms with Gasteiger partial charge in [0.2, 0.25) is 0 Å². The third kappa shape index (κ3) is 3.66. The van der Waals surface area contributed by atoms with Crippen LogP contribution in [0.2, 0.25) is 0 Å². The first-order chi connectivity index (χ1) is 10.6. The minimum absolute atomic E-state index is 0.0918. The first kappa shape index (κ1) is 16.7. The van der Waals surface area contributed by atoms with Gasteiger partial charge in [-0.25, -0.2) is 0 Å². The quantitative estimate of drug-likeness (QED) is 0.815. The van der Waals surface area contributed by atoms with Crippen molar-refractivity contribution < 1.29 is 9.84 Å². The summed E-state index contributed by atoms with van der Waals surface area (Å²) in [5, 5.41) is 13.6. The number of nitrogens with one attached hydrogen (secondary N) is 1. The van der Waals surface area contributed by atoms with Gasteiger partial charge in [-0.05, 0) is 44.6 Å². The van der Waals surface area contributed by atoms with Crippen LogP contribution in [0, 0.1) is 11.3 Å². The molecule has 4 nitrogen and oxygen atoms in total. The molecular formula is C18H34N2O2. The molecule has 5 atom stereocenters. The molecule has 2 N–H and O–H groups in total. The molecule has 0 aromatic rings. The second-order valence-corrected chi connectivity index (χ2v) is 8.19. The van der Waals surface area contributed by atoms with Crippen LogP contribution in [-0.2, 0) is 4.74 Å². The van der Waals surface area contributed by atoms with Crippen molar-refractivity contribution in [1.82, 2.24) is 10.2 Å². The zero-order valence-corrected chi connectivity index (χ0v) is 14.4. The topological polar surface area (TPSA) is 44.7 Å². The highest BCUT2D eigenvalue weighted by Gasteiger charge is 2.40. The van der Waals surface area contributed by atoms with Crippen molar-refractivity contribution in [2.45, 2.75) is 70.6 Å². The zero-order chi connectivity index (χ0) is 15.6. The van der Waals surface area contributed by atoms with E-state index in [2.05, 4.69) is 24.1 Å². The van der Waals surface area contributed by atoms with Crippen LogP contribution < -0.4 is 5.32 Å². The summed E-state index contributed by atoms with van der Waals surface area (Å²) in [6, 6.07) is 1.10. The van der Waals surface area contributed by atoms with Crippen LogP contribution in [0.4, 0.5) is 0 Å².